The van der Waals surface area contributed by atoms with Crippen LogP contribution in [0.1, 0.15) is 29.3 Å². The predicted octanol–water partition coefficient (Wildman–Crippen LogP) is 1.44. The molecule has 1 aromatic carbocycles. The zero-order valence-corrected chi connectivity index (χ0v) is 12.3. The Labute approximate surface area is 123 Å². The number of ether oxygens (including phenoxy) is 2. The van der Waals surface area contributed by atoms with Crippen molar-refractivity contribution in [1.29, 1.82) is 0 Å². The third-order valence-corrected chi connectivity index (χ3v) is 3.63. The number of hydrogen-bond acceptors (Lipinski definition) is 5. The number of fused-ring (bicyclic) bond motifs is 1. The summed E-state index contributed by atoms with van der Waals surface area (Å²) >= 11 is 0. The first-order chi connectivity index (χ1) is 10.2. The summed E-state index contributed by atoms with van der Waals surface area (Å²) in [6.07, 6.45) is 2.87. The Kier molecular flexibility index (Phi) is 3.81. The van der Waals surface area contributed by atoms with Crippen molar-refractivity contribution in [2.45, 2.75) is 19.4 Å². The number of aryl methyl sites for hydroxylation is 2. The molecule has 0 amide bonds. The number of hydrazine groups is 1. The van der Waals surface area contributed by atoms with Gasteiger partial charge in [-0.25, -0.2) is 5.43 Å². The van der Waals surface area contributed by atoms with Crippen molar-refractivity contribution in [3.05, 3.63) is 41.2 Å². The van der Waals surface area contributed by atoms with Crippen LogP contribution in [0.5, 0.6) is 11.5 Å². The smallest absolute Gasteiger partial charge is 0.161 e. The maximum Gasteiger partial charge on any atom is 0.161 e. The van der Waals surface area contributed by atoms with Crippen LogP contribution in [0, 0.1) is 6.92 Å². The highest BCUT2D eigenvalue weighted by molar-refractivity contribution is 5.46. The predicted molar refractivity (Wildman–Crippen MR) is 79.2 cm³/mol. The summed E-state index contributed by atoms with van der Waals surface area (Å²) in [6, 6.07) is 5.80. The topological polar surface area (TPSA) is 74.3 Å². The van der Waals surface area contributed by atoms with E-state index < -0.39 is 0 Å². The second kappa shape index (κ2) is 5.75. The van der Waals surface area contributed by atoms with Crippen molar-refractivity contribution in [2.75, 3.05) is 13.2 Å². The van der Waals surface area contributed by atoms with E-state index in [4.69, 9.17) is 15.3 Å². The second-order valence-electron chi connectivity index (χ2n) is 5.20. The van der Waals surface area contributed by atoms with Gasteiger partial charge in [-0.05, 0) is 24.6 Å². The minimum atomic E-state index is -0.129. The standard InChI is InChI=1S/C15H20N4O2/c1-10-12(9-19(2)18-10)15(17-16)11-4-5-13-14(8-11)21-7-3-6-20-13/h4-5,8-9,15,17H,3,6-7,16H2,1-2H3. The van der Waals surface area contributed by atoms with Gasteiger partial charge in [0, 0.05) is 25.2 Å². The van der Waals surface area contributed by atoms with E-state index in [2.05, 4.69) is 10.5 Å². The molecule has 0 aliphatic carbocycles. The third-order valence-electron chi connectivity index (χ3n) is 3.63. The molecule has 0 fully saturated rings. The average molecular weight is 288 g/mol. The molecule has 21 heavy (non-hydrogen) atoms. The molecule has 3 N–H and O–H groups in total. The monoisotopic (exact) mass is 288 g/mol. The van der Waals surface area contributed by atoms with Crippen LogP contribution in [0.3, 0.4) is 0 Å². The average Bonchev–Trinajstić information content (AvgIpc) is 2.68. The first-order valence-corrected chi connectivity index (χ1v) is 7.05. The van der Waals surface area contributed by atoms with Gasteiger partial charge in [0.15, 0.2) is 11.5 Å². The molecule has 6 nitrogen and oxygen atoms in total. The minimum Gasteiger partial charge on any atom is -0.490 e. The van der Waals surface area contributed by atoms with Gasteiger partial charge < -0.3 is 9.47 Å². The maximum absolute atomic E-state index is 5.76. The molecule has 0 saturated carbocycles. The van der Waals surface area contributed by atoms with E-state index in [1.54, 1.807) is 4.68 Å². The first kappa shape index (κ1) is 13.9. The zero-order chi connectivity index (χ0) is 14.8. The molecule has 2 heterocycles. The molecule has 0 radical (unpaired) electrons. The summed E-state index contributed by atoms with van der Waals surface area (Å²) in [5.41, 5.74) is 5.89. The van der Waals surface area contributed by atoms with Crippen LogP contribution in [0.4, 0.5) is 0 Å². The lowest BCUT2D eigenvalue weighted by atomic mass is 9.99. The normalized spacial score (nSPS) is 15.6. The SMILES string of the molecule is Cc1nn(C)cc1C(NN)c1ccc2c(c1)OCCCO2. The summed E-state index contributed by atoms with van der Waals surface area (Å²) in [7, 11) is 1.90. The van der Waals surface area contributed by atoms with Crippen LogP contribution < -0.4 is 20.7 Å². The Morgan fingerprint density at radius 2 is 2.05 bits per heavy atom. The van der Waals surface area contributed by atoms with Gasteiger partial charge in [-0.1, -0.05) is 6.07 Å². The Hall–Kier alpha value is -2.05. The molecule has 6 heteroatoms. The van der Waals surface area contributed by atoms with Crippen molar-refractivity contribution in [2.24, 2.45) is 12.9 Å². The molecular formula is C15H20N4O2. The van der Waals surface area contributed by atoms with E-state index >= 15 is 0 Å². The highest BCUT2D eigenvalue weighted by Crippen LogP contribution is 2.34. The van der Waals surface area contributed by atoms with E-state index in [0.717, 1.165) is 34.7 Å². The Balaban J connectivity index is 1.98. The van der Waals surface area contributed by atoms with E-state index in [1.165, 1.54) is 0 Å². The molecule has 1 aliphatic rings. The molecule has 0 saturated heterocycles. The first-order valence-electron chi connectivity index (χ1n) is 7.05. The summed E-state index contributed by atoms with van der Waals surface area (Å²) < 4.78 is 13.2. The van der Waals surface area contributed by atoms with Gasteiger partial charge in [-0.2, -0.15) is 5.10 Å². The molecule has 0 spiro atoms. The fourth-order valence-electron chi connectivity index (χ4n) is 2.63. The van der Waals surface area contributed by atoms with E-state index in [0.29, 0.717) is 13.2 Å². The van der Waals surface area contributed by atoms with E-state index in [-0.39, 0.29) is 6.04 Å². The van der Waals surface area contributed by atoms with Crippen LogP contribution in [0.15, 0.2) is 24.4 Å². The van der Waals surface area contributed by atoms with Gasteiger partial charge in [0.25, 0.3) is 0 Å². The Morgan fingerprint density at radius 1 is 1.29 bits per heavy atom. The van der Waals surface area contributed by atoms with Crippen molar-refractivity contribution in [3.8, 4) is 11.5 Å². The van der Waals surface area contributed by atoms with Crippen LogP contribution in [-0.4, -0.2) is 23.0 Å². The van der Waals surface area contributed by atoms with Crippen LogP contribution in [0.25, 0.3) is 0 Å². The summed E-state index contributed by atoms with van der Waals surface area (Å²) in [6.45, 7) is 3.33. The summed E-state index contributed by atoms with van der Waals surface area (Å²) in [5.74, 6) is 7.32. The lowest BCUT2D eigenvalue weighted by Gasteiger charge is -2.17. The van der Waals surface area contributed by atoms with Gasteiger partial charge in [0.05, 0.1) is 24.9 Å². The van der Waals surface area contributed by atoms with E-state index in [1.807, 2.05) is 38.4 Å². The molecular weight excluding hydrogens is 268 g/mol. The Bertz CT molecular complexity index is 639. The number of nitrogens with one attached hydrogen (secondary N) is 1. The number of rotatable bonds is 3. The fourth-order valence-corrected chi connectivity index (χ4v) is 2.63. The minimum absolute atomic E-state index is 0.129. The second-order valence-corrected chi connectivity index (χ2v) is 5.20. The Morgan fingerprint density at radius 3 is 2.71 bits per heavy atom. The van der Waals surface area contributed by atoms with Gasteiger partial charge in [-0.3, -0.25) is 10.5 Å². The number of benzene rings is 1. The lowest BCUT2D eigenvalue weighted by Crippen LogP contribution is -2.29. The highest BCUT2D eigenvalue weighted by atomic mass is 16.5. The molecule has 1 aliphatic heterocycles. The summed E-state index contributed by atoms with van der Waals surface area (Å²) in [4.78, 5) is 0. The molecule has 0 bridgehead atoms. The fraction of sp³-hybridized carbons (Fsp3) is 0.400. The number of nitrogens with zero attached hydrogens (tertiary/aromatic N) is 2. The molecule has 1 unspecified atom stereocenters. The maximum atomic E-state index is 5.76. The third kappa shape index (κ3) is 2.72. The van der Waals surface area contributed by atoms with E-state index in [9.17, 15) is 0 Å². The van der Waals surface area contributed by atoms with Crippen molar-refractivity contribution in [1.82, 2.24) is 15.2 Å². The molecule has 1 aromatic heterocycles. The molecule has 112 valence electrons. The largest absolute Gasteiger partial charge is 0.490 e. The van der Waals surface area contributed by atoms with Gasteiger partial charge in [-0.15, -0.1) is 0 Å². The highest BCUT2D eigenvalue weighted by Gasteiger charge is 2.20. The molecule has 2 aromatic rings. The van der Waals surface area contributed by atoms with Crippen LogP contribution in [-0.2, 0) is 7.05 Å². The van der Waals surface area contributed by atoms with Gasteiger partial charge in [0.2, 0.25) is 0 Å². The molecule has 1 atom stereocenters. The van der Waals surface area contributed by atoms with Crippen molar-refractivity contribution < 1.29 is 9.47 Å². The van der Waals surface area contributed by atoms with Crippen molar-refractivity contribution in [3.63, 3.8) is 0 Å². The number of nitrogens with two attached hydrogens (primary N) is 1. The lowest BCUT2D eigenvalue weighted by molar-refractivity contribution is 0.297. The van der Waals surface area contributed by atoms with Crippen molar-refractivity contribution >= 4 is 0 Å². The van der Waals surface area contributed by atoms with Gasteiger partial charge in [0.1, 0.15) is 0 Å². The quantitative estimate of drug-likeness (QED) is 0.660. The number of aromatic nitrogens is 2. The van der Waals surface area contributed by atoms with Crippen LogP contribution in [0.2, 0.25) is 0 Å². The number of hydrogen-bond donors (Lipinski definition) is 2. The zero-order valence-electron chi connectivity index (χ0n) is 12.3. The molecule has 3 rings (SSSR count). The van der Waals surface area contributed by atoms with Crippen LogP contribution >= 0.6 is 0 Å². The van der Waals surface area contributed by atoms with Gasteiger partial charge >= 0.3 is 0 Å². The summed E-state index contributed by atoms with van der Waals surface area (Å²) in [5, 5.41) is 4.37.